The molecule has 0 amide bonds. The van der Waals surface area contributed by atoms with E-state index in [0.717, 1.165) is 28.0 Å². The molecule has 0 saturated carbocycles. The summed E-state index contributed by atoms with van der Waals surface area (Å²) in [6.07, 6.45) is 3.79. The van der Waals surface area contributed by atoms with Crippen LogP contribution in [0.1, 0.15) is 0 Å². The Morgan fingerprint density at radius 2 is 1.48 bits per heavy atom. The first kappa shape index (κ1) is 15.0. The first-order chi connectivity index (χ1) is 12.1. The molecule has 0 radical (unpaired) electrons. The molecule has 25 heavy (non-hydrogen) atoms. The van der Waals surface area contributed by atoms with Gasteiger partial charge in [0.25, 0.3) is 5.69 Å². The van der Waals surface area contributed by atoms with Gasteiger partial charge in [-0.05, 0) is 59.7 Å². The highest BCUT2D eigenvalue weighted by Gasteiger charge is 2.08. The molecule has 6 heteroatoms. The van der Waals surface area contributed by atoms with Crippen LogP contribution in [-0.4, -0.2) is 14.3 Å². The second-order valence-corrected chi connectivity index (χ2v) is 5.62. The van der Waals surface area contributed by atoms with Crippen LogP contribution in [0.5, 0.6) is 0 Å². The number of fused-ring (bicyclic) bond motifs is 1. The largest absolute Gasteiger partial charge is 0.306 e. The monoisotopic (exact) mass is 333 g/mol. The number of hydrogen-bond acceptors (Lipinski definition) is 3. The SMILES string of the molecule is O=[N+]([O-])c1ccc(-c2ccc3nc(-c4ccc(F)cc4)cn3c2)cc1. The maximum absolute atomic E-state index is 13.1. The summed E-state index contributed by atoms with van der Waals surface area (Å²) in [5, 5.41) is 10.8. The second kappa shape index (κ2) is 5.83. The smallest absolute Gasteiger partial charge is 0.269 e. The molecule has 2 aromatic carbocycles. The molecule has 0 aliphatic heterocycles. The summed E-state index contributed by atoms with van der Waals surface area (Å²) in [6.45, 7) is 0. The number of pyridine rings is 1. The fraction of sp³-hybridized carbons (Fsp3) is 0. The molecule has 0 atom stereocenters. The second-order valence-electron chi connectivity index (χ2n) is 5.62. The van der Waals surface area contributed by atoms with Gasteiger partial charge in [-0.3, -0.25) is 10.1 Å². The molecule has 0 unspecified atom stereocenters. The summed E-state index contributed by atoms with van der Waals surface area (Å²) in [5.41, 5.74) is 4.22. The molecule has 0 saturated heterocycles. The van der Waals surface area contributed by atoms with E-state index in [4.69, 9.17) is 0 Å². The number of halogens is 1. The van der Waals surface area contributed by atoms with Crippen molar-refractivity contribution in [3.05, 3.63) is 89.0 Å². The Bertz CT molecular complexity index is 1070. The van der Waals surface area contributed by atoms with Crippen molar-refractivity contribution in [1.29, 1.82) is 0 Å². The molecule has 4 rings (SSSR count). The van der Waals surface area contributed by atoms with Crippen LogP contribution in [-0.2, 0) is 0 Å². The fourth-order valence-electron chi connectivity index (χ4n) is 2.70. The molecular weight excluding hydrogens is 321 g/mol. The minimum Gasteiger partial charge on any atom is -0.306 e. The lowest BCUT2D eigenvalue weighted by molar-refractivity contribution is -0.384. The van der Waals surface area contributed by atoms with Crippen LogP contribution >= 0.6 is 0 Å². The van der Waals surface area contributed by atoms with Gasteiger partial charge in [0.1, 0.15) is 11.5 Å². The Balaban J connectivity index is 1.72. The zero-order valence-corrected chi connectivity index (χ0v) is 13.0. The number of aromatic nitrogens is 2. The van der Waals surface area contributed by atoms with E-state index in [2.05, 4.69) is 4.98 Å². The molecular formula is C19H12FN3O2. The zero-order valence-electron chi connectivity index (χ0n) is 13.0. The van der Waals surface area contributed by atoms with Crippen LogP contribution in [0.25, 0.3) is 28.0 Å². The van der Waals surface area contributed by atoms with Gasteiger partial charge in [-0.25, -0.2) is 9.37 Å². The van der Waals surface area contributed by atoms with Crippen molar-refractivity contribution >= 4 is 11.3 Å². The average Bonchev–Trinajstić information content (AvgIpc) is 3.05. The van der Waals surface area contributed by atoms with Crippen LogP contribution in [0, 0.1) is 15.9 Å². The van der Waals surface area contributed by atoms with Gasteiger partial charge in [0.2, 0.25) is 0 Å². The maximum atomic E-state index is 13.1. The summed E-state index contributed by atoms with van der Waals surface area (Å²) in [6, 6.07) is 16.4. The van der Waals surface area contributed by atoms with E-state index < -0.39 is 4.92 Å². The summed E-state index contributed by atoms with van der Waals surface area (Å²) in [4.78, 5) is 14.9. The van der Waals surface area contributed by atoms with Crippen molar-refractivity contribution in [3.63, 3.8) is 0 Å². The predicted molar refractivity (Wildman–Crippen MR) is 92.7 cm³/mol. The molecule has 0 fully saturated rings. The number of benzene rings is 2. The van der Waals surface area contributed by atoms with E-state index in [0.29, 0.717) is 0 Å². The molecule has 0 bridgehead atoms. The van der Waals surface area contributed by atoms with Gasteiger partial charge in [-0.2, -0.15) is 0 Å². The normalized spacial score (nSPS) is 10.9. The van der Waals surface area contributed by atoms with E-state index in [1.54, 1.807) is 24.3 Å². The van der Waals surface area contributed by atoms with Gasteiger partial charge < -0.3 is 4.40 Å². The van der Waals surface area contributed by atoms with E-state index >= 15 is 0 Å². The lowest BCUT2D eigenvalue weighted by Crippen LogP contribution is -1.88. The highest BCUT2D eigenvalue weighted by Crippen LogP contribution is 2.25. The Labute approximate surface area is 142 Å². The van der Waals surface area contributed by atoms with Gasteiger partial charge in [0.15, 0.2) is 0 Å². The van der Waals surface area contributed by atoms with Gasteiger partial charge in [-0.15, -0.1) is 0 Å². The highest BCUT2D eigenvalue weighted by molar-refractivity contribution is 5.68. The first-order valence-electron chi connectivity index (χ1n) is 7.60. The van der Waals surface area contributed by atoms with Crippen molar-refractivity contribution < 1.29 is 9.31 Å². The number of imidazole rings is 1. The van der Waals surface area contributed by atoms with Gasteiger partial charge in [-0.1, -0.05) is 0 Å². The third-order valence-corrected chi connectivity index (χ3v) is 4.00. The summed E-state index contributed by atoms with van der Waals surface area (Å²) in [5.74, 6) is -0.284. The predicted octanol–water partition coefficient (Wildman–Crippen LogP) is 4.72. The minimum absolute atomic E-state index is 0.0612. The average molecular weight is 333 g/mol. The lowest BCUT2D eigenvalue weighted by Gasteiger charge is -2.02. The van der Waals surface area contributed by atoms with Crippen molar-refractivity contribution in [3.8, 4) is 22.4 Å². The molecule has 2 heterocycles. The van der Waals surface area contributed by atoms with E-state index in [9.17, 15) is 14.5 Å². The van der Waals surface area contributed by atoms with Gasteiger partial charge >= 0.3 is 0 Å². The molecule has 2 aromatic heterocycles. The third-order valence-electron chi connectivity index (χ3n) is 4.00. The quantitative estimate of drug-likeness (QED) is 0.403. The zero-order chi connectivity index (χ0) is 17.4. The van der Waals surface area contributed by atoms with Gasteiger partial charge in [0, 0.05) is 30.1 Å². The molecule has 0 aliphatic rings. The number of nitrogens with zero attached hydrogens (tertiary/aromatic N) is 3. The summed E-state index contributed by atoms with van der Waals surface area (Å²) < 4.78 is 14.9. The Morgan fingerprint density at radius 3 is 2.16 bits per heavy atom. The first-order valence-corrected chi connectivity index (χ1v) is 7.60. The topological polar surface area (TPSA) is 60.4 Å². The summed E-state index contributed by atoms with van der Waals surface area (Å²) in [7, 11) is 0. The van der Waals surface area contributed by atoms with Gasteiger partial charge in [0.05, 0.1) is 10.6 Å². The van der Waals surface area contributed by atoms with Crippen molar-refractivity contribution in [1.82, 2.24) is 9.38 Å². The van der Waals surface area contributed by atoms with Crippen molar-refractivity contribution in [2.75, 3.05) is 0 Å². The van der Waals surface area contributed by atoms with E-state index in [1.807, 2.05) is 28.9 Å². The van der Waals surface area contributed by atoms with E-state index in [1.165, 1.54) is 24.3 Å². The van der Waals surface area contributed by atoms with Crippen LogP contribution in [0.15, 0.2) is 73.1 Å². The minimum atomic E-state index is -0.419. The van der Waals surface area contributed by atoms with E-state index in [-0.39, 0.29) is 11.5 Å². The summed E-state index contributed by atoms with van der Waals surface area (Å²) >= 11 is 0. The van der Waals surface area contributed by atoms with Crippen molar-refractivity contribution in [2.45, 2.75) is 0 Å². The van der Waals surface area contributed by atoms with Crippen LogP contribution < -0.4 is 0 Å². The third kappa shape index (κ3) is 2.85. The molecule has 0 spiro atoms. The maximum Gasteiger partial charge on any atom is 0.269 e. The Morgan fingerprint density at radius 1 is 0.840 bits per heavy atom. The molecule has 122 valence electrons. The molecule has 0 aliphatic carbocycles. The van der Waals surface area contributed by atoms with Crippen LogP contribution in [0.4, 0.5) is 10.1 Å². The number of rotatable bonds is 3. The fourth-order valence-corrected chi connectivity index (χ4v) is 2.70. The Hall–Kier alpha value is -3.54. The number of nitro groups is 1. The number of non-ortho nitro benzene ring substituents is 1. The van der Waals surface area contributed by atoms with Crippen LogP contribution in [0.3, 0.4) is 0 Å². The molecule has 5 nitrogen and oxygen atoms in total. The molecule has 0 N–H and O–H groups in total. The standard InChI is InChI=1S/C19H12FN3O2/c20-16-6-1-14(2-7-16)18-12-22-11-15(5-10-19(22)21-18)13-3-8-17(9-4-13)23(24)25/h1-12H. The number of nitro benzene ring substituents is 1. The highest BCUT2D eigenvalue weighted by atomic mass is 19.1. The lowest BCUT2D eigenvalue weighted by atomic mass is 10.1. The number of hydrogen-bond donors (Lipinski definition) is 0. The van der Waals surface area contributed by atoms with Crippen LogP contribution in [0.2, 0.25) is 0 Å². The van der Waals surface area contributed by atoms with Crippen molar-refractivity contribution in [2.24, 2.45) is 0 Å². The molecule has 4 aromatic rings. The Kier molecular flexibility index (Phi) is 3.50.